The molecular weight excluding hydrogens is 458 g/mol. The van der Waals surface area contributed by atoms with Crippen molar-refractivity contribution >= 4 is 49.6 Å². The van der Waals surface area contributed by atoms with Gasteiger partial charge in [-0.2, -0.15) is 0 Å². The molecule has 7 nitrogen and oxygen atoms in total. The van der Waals surface area contributed by atoms with Gasteiger partial charge in [0.25, 0.3) is 0 Å². The third kappa shape index (κ3) is 4.49. The quantitative estimate of drug-likeness (QED) is 0.379. The topological polar surface area (TPSA) is 97.3 Å². The number of carbonyl (C=O) groups is 1. The van der Waals surface area contributed by atoms with Crippen molar-refractivity contribution in [3.8, 4) is 5.75 Å². The van der Waals surface area contributed by atoms with E-state index in [4.69, 9.17) is 5.73 Å². The van der Waals surface area contributed by atoms with Gasteiger partial charge in [0, 0.05) is 42.0 Å². The fraction of sp³-hybridized carbons (Fsp3) is 0.261. The van der Waals surface area contributed by atoms with E-state index < -0.39 is 0 Å². The number of benzene rings is 2. The lowest BCUT2D eigenvalue weighted by molar-refractivity contribution is -0.129. The molecule has 8 heteroatoms. The number of fused-ring (bicyclic) bond motifs is 3. The van der Waals surface area contributed by atoms with Gasteiger partial charge in [0.2, 0.25) is 5.91 Å². The van der Waals surface area contributed by atoms with Gasteiger partial charge >= 0.3 is 0 Å². The van der Waals surface area contributed by atoms with Crippen LogP contribution in [-0.4, -0.2) is 37.0 Å². The summed E-state index contributed by atoms with van der Waals surface area (Å²) in [5.74, 6) is 0.610. The van der Waals surface area contributed by atoms with E-state index in [0.717, 1.165) is 45.8 Å². The zero-order valence-corrected chi connectivity index (χ0v) is 18.8. The Hall–Kier alpha value is -3.13. The number of phenolic OH excluding ortho intramolecular Hbond substituents is 1. The van der Waals surface area contributed by atoms with E-state index in [-0.39, 0.29) is 11.7 Å². The Balaban J connectivity index is 1.44. The molecule has 0 aliphatic carbocycles. The lowest BCUT2D eigenvalue weighted by atomic mass is 10.1. The number of nitrogens with two attached hydrogens (primary N) is 1. The van der Waals surface area contributed by atoms with Crippen LogP contribution in [0.25, 0.3) is 21.9 Å². The molecular formula is C23H24BrN5O2. The van der Waals surface area contributed by atoms with Gasteiger partial charge in [-0.3, -0.25) is 4.79 Å². The number of imidazole rings is 1. The molecule has 0 bridgehead atoms. The van der Waals surface area contributed by atoms with Gasteiger partial charge in [-0.15, -0.1) is 0 Å². The Labute approximate surface area is 188 Å². The van der Waals surface area contributed by atoms with Crippen LogP contribution in [0.2, 0.25) is 0 Å². The van der Waals surface area contributed by atoms with Crippen molar-refractivity contribution in [2.75, 3.05) is 12.3 Å². The summed E-state index contributed by atoms with van der Waals surface area (Å²) in [5, 5.41) is 11.1. The predicted molar refractivity (Wildman–Crippen MR) is 126 cm³/mol. The summed E-state index contributed by atoms with van der Waals surface area (Å²) in [4.78, 5) is 22.8. The summed E-state index contributed by atoms with van der Waals surface area (Å²) in [6.45, 7) is 3.30. The van der Waals surface area contributed by atoms with Gasteiger partial charge in [-0.25, -0.2) is 9.97 Å². The van der Waals surface area contributed by atoms with Gasteiger partial charge in [0.1, 0.15) is 11.3 Å². The predicted octanol–water partition coefficient (Wildman–Crippen LogP) is 4.46. The standard InChI is InChI=1S/C23H24BrN5O2/c1-15(30)28(13-16-12-17(24)8-9-20(16)31)10-4-5-11-29-14-26-21-22(29)18-6-2-3-7-19(18)27-23(21)25/h2-3,6-9,12,14,31H,4-5,10-11,13H2,1H3,(H2,25,27). The number of halogens is 1. The number of unbranched alkanes of at least 4 members (excludes halogenated alkanes) is 1. The summed E-state index contributed by atoms with van der Waals surface area (Å²) in [5.41, 5.74) is 9.39. The molecule has 1 amide bonds. The molecule has 160 valence electrons. The first-order chi connectivity index (χ1) is 14.9. The fourth-order valence-corrected chi connectivity index (χ4v) is 4.20. The van der Waals surface area contributed by atoms with Gasteiger partial charge in [-0.1, -0.05) is 34.1 Å². The minimum absolute atomic E-state index is 0.0164. The van der Waals surface area contributed by atoms with Crippen LogP contribution >= 0.6 is 15.9 Å². The normalized spacial score (nSPS) is 11.3. The van der Waals surface area contributed by atoms with Crippen LogP contribution in [0, 0.1) is 0 Å². The Kier molecular flexibility index (Phi) is 6.08. The van der Waals surface area contributed by atoms with Crippen LogP contribution in [0.3, 0.4) is 0 Å². The lowest BCUT2D eigenvalue weighted by Crippen LogP contribution is -2.29. The van der Waals surface area contributed by atoms with E-state index in [1.807, 2.05) is 30.3 Å². The molecule has 31 heavy (non-hydrogen) atoms. The van der Waals surface area contributed by atoms with Crippen LogP contribution in [0.4, 0.5) is 5.82 Å². The number of hydrogen-bond donors (Lipinski definition) is 2. The second-order valence-electron chi connectivity index (χ2n) is 7.57. The fourth-order valence-electron chi connectivity index (χ4n) is 3.79. The first-order valence-corrected chi connectivity index (χ1v) is 11.0. The summed E-state index contributed by atoms with van der Waals surface area (Å²) in [7, 11) is 0. The second-order valence-corrected chi connectivity index (χ2v) is 8.49. The average Bonchev–Trinajstić information content (AvgIpc) is 3.17. The highest BCUT2D eigenvalue weighted by Gasteiger charge is 2.14. The van der Waals surface area contributed by atoms with Crippen molar-refractivity contribution in [2.24, 2.45) is 0 Å². The third-order valence-electron chi connectivity index (χ3n) is 5.41. The molecule has 0 radical (unpaired) electrons. The average molecular weight is 482 g/mol. The number of aryl methyl sites for hydroxylation is 1. The van der Waals surface area contributed by atoms with Crippen molar-refractivity contribution in [1.82, 2.24) is 19.4 Å². The van der Waals surface area contributed by atoms with Crippen molar-refractivity contribution < 1.29 is 9.90 Å². The number of phenols is 1. The number of anilines is 1. The highest BCUT2D eigenvalue weighted by Crippen LogP contribution is 2.27. The highest BCUT2D eigenvalue weighted by atomic mass is 79.9. The molecule has 0 aliphatic heterocycles. The van der Waals surface area contributed by atoms with E-state index in [2.05, 4.69) is 30.5 Å². The molecule has 0 saturated heterocycles. The van der Waals surface area contributed by atoms with Crippen LogP contribution in [0.1, 0.15) is 25.3 Å². The minimum atomic E-state index is -0.0164. The van der Waals surface area contributed by atoms with Gasteiger partial charge in [-0.05, 0) is 37.1 Å². The van der Waals surface area contributed by atoms with Crippen molar-refractivity contribution in [2.45, 2.75) is 32.9 Å². The van der Waals surface area contributed by atoms with E-state index in [1.54, 1.807) is 30.3 Å². The summed E-state index contributed by atoms with van der Waals surface area (Å²) in [6, 6.07) is 13.2. The lowest BCUT2D eigenvalue weighted by Gasteiger charge is -2.22. The Bertz CT molecular complexity index is 1250. The van der Waals surface area contributed by atoms with Gasteiger partial charge in [0.05, 0.1) is 17.4 Å². The Morgan fingerprint density at radius 2 is 2.03 bits per heavy atom. The zero-order chi connectivity index (χ0) is 22.0. The van der Waals surface area contributed by atoms with E-state index in [1.165, 1.54) is 0 Å². The van der Waals surface area contributed by atoms with E-state index in [0.29, 0.717) is 24.4 Å². The maximum Gasteiger partial charge on any atom is 0.219 e. The molecule has 0 aliphatic rings. The number of carbonyl (C=O) groups excluding carboxylic acids is 1. The second kappa shape index (κ2) is 8.93. The number of nitrogens with zero attached hydrogens (tertiary/aromatic N) is 4. The molecule has 2 aromatic carbocycles. The van der Waals surface area contributed by atoms with Crippen LogP contribution in [-0.2, 0) is 17.9 Å². The molecule has 2 aromatic heterocycles. The Morgan fingerprint density at radius 1 is 1.23 bits per heavy atom. The molecule has 0 unspecified atom stereocenters. The smallest absolute Gasteiger partial charge is 0.219 e. The van der Waals surface area contributed by atoms with Crippen molar-refractivity contribution in [1.29, 1.82) is 0 Å². The summed E-state index contributed by atoms with van der Waals surface area (Å²) >= 11 is 3.41. The molecule has 0 spiro atoms. The highest BCUT2D eigenvalue weighted by molar-refractivity contribution is 9.10. The molecule has 0 atom stereocenters. The van der Waals surface area contributed by atoms with Crippen LogP contribution in [0.15, 0.2) is 53.3 Å². The zero-order valence-electron chi connectivity index (χ0n) is 17.3. The van der Waals surface area contributed by atoms with Crippen molar-refractivity contribution in [3.63, 3.8) is 0 Å². The number of hydrogen-bond acceptors (Lipinski definition) is 5. The number of nitrogen functional groups attached to an aromatic ring is 1. The number of aromatic nitrogens is 3. The molecule has 3 N–H and O–H groups in total. The van der Waals surface area contributed by atoms with E-state index >= 15 is 0 Å². The minimum Gasteiger partial charge on any atom is -0.508 e. The number of para-hydroxylation sites is 1. The van der Waals surface area contributed by atoms with Crippen molar-refractivity contribution in [3.05, 3.63) is 58.8 Å². The summed E-state index contributed by atoms with van der Waals surface area (Å²) in [6.07, 6.45) is 3.50. The maximum atomic E-state index is 12.1. The molecule has 0 saturated carbocycles. The van der Waals surface area contributed by atoms with Crippen LogP contribution in [0.5, 0.6) is 5.75 Å². The van der Waals surface area contributed by atoms with Crippen LogP contribution < -0.4 is 5.73 Å². The maximum absolute atomic E-state index is 12.1. The first kappa shape index (κ1) is 21.1. The number of pyridine rings is 1. The SMILES string of the molecule is CC(=O)N(CCCCn1cnc2c(N)nc3ccccc3c21)Cc1cc(Br)ccc1O. The van der Waals surface area contributed by atoms with Gasteiger partial charge in [0.15, 0.2) is 5.82 Å². The third-order valence-corrected chi connectivity index (χ3v) is 5.90. The molecule has 4 aromatic rings. The molecule has 2 heterocycles. The Morgan fingerprint density at radius 3 is 2.84 bits per heavy atom. The van der Waals surface area contributed by atoms with E-state index in [9.17, 15) is 9.90 Å². The summed E-state index contributed by atoms with van der Waals surface area (Å²) < 4.78 is 2.98. The molecule has 0 fully saturated rings. The number of aromatic hydroxyl groups is 1. The molecule has 4 rings (SSSR count). The largest absolute Gasteiger partial charge is 0.508 e. The van der Waals surface area contributed by atoms with Gasteiger partial charge < -0.3 is 20.3 Å². The number of amides is 1. The first-order valence-electron chi connectivity index (χ1n) is 10.2. The number of rotatable bonds is 7. The monoisotopic (exact) mass is 481 g/mol.